The van der Waals surface area contributed by atoms with Crippen molar-refractivity contribution >= 4 is 33.6 Å². The van der Waals surface area contributed by atoms with Gasteiger partial charge in [0.25, 0.3) is 0 Å². The Morgan fingerprint density at radius 3 is 2.92 bits per heavy atom. The zero-order valence-corrected chi connectivity index (χ0v) is 9.69. The molecule has 0 atom stereocenters. The fraction of sp³-hybridized carbons (Fsp3) is 0.200. The van der Waals surface area contributed by atoms with Crippen LogP contribution in [-0.2, 0) is 0 Å². The summed E-state index contributed by atoms with van der Waals surface area (Å²) in [5.41, 5.74) is 1.04. The van der Waals surface area contributed by atoms with Crippen LogP contribution < -0.4 is 5.32 Å². The summed E-state index contributed by atoms with van der Waals surface area (Å²) in [5, 5.41) is 3.80. The van der Waals surface area contributed by atoms with Gasteiger partial charge in [-0.2, -0.15) is 0 Å². The summed E-state index contributed by atoms with van der Waals surface area (Å²) in [6.07, 6.45) is 4.04. The van der Waals surface area contributed by atoms with E-state index in [0.717, 1.165) is 21.6 Å². The van der Waals surface area contributed by atoms with E-state index in [2.05, 4.69) is 21.2 Å². The van der Waals surface area contributed by atoms with Gasteiger partial charge in [-0.15, -0.1) is 0 Å². The van der Waals surface area contributed by atoms with Crippen molar-refractivity contribution in [3.05, 3.63) is 39.3 Å². The molecule has 0 unspecified atom stereocenters. The van der Waals surface area contributed by atoms with Crippen LogP contribution in [0.5, 0.6) is 0 Å². The number of benzene rings is 1. The highest BCUT2D eigenvalue weighted by Crippen LogP contribution is 2.22. The maximum absolute atomic E-state index is 6.01. The van der Waals surface area contributed by atoms with E-state index in [-0.39, 0.29) is 0 Å². The van der Waals surface area contributed by atoms with Crippen molar-refractivity contribution in [2.45, 2.75) is 0 Å². The van der Waals surface area contributed by atoms with E-state index in [1.165, 1.54) is 0 Å². The standard InChI is InChI=1S/C10H11BrClN/c1-13-6-2-3-8-4-5-9(11)7-10(8)12/h2-5,7,13H,6H2,1H3. The monoisotopic (exact) mass is 259 g/mol. The zero-order valence-electron chi connectivity index (χ0n) is 7.35. The minimum absolute atomic E-state index is 0.765. The van der Waals surface area contributed by atoms with Crippen LogP contribution in [0.1, 0.15) is 5.56 Å². The quantitative estimate of drug-likeness (QED) is 0.879. The maximum atomic E-state index is 6.01. The summed E-state index contributed by atoms with van der Waals surface area (Å²) in [4.78, 5) is 0. The molecule has 0 saturated carbocycles. The highest BCUT2D eigenvalue weighted by Gasteiger charge is 1.95. The molecule has 1 N–H and O–H groups in total. The number of hydrogen-bond donors (Lipinski definition) is 1. The summed E-state index contributed by atoms with van der Waals surface area (Å²) in [5.74, 6) is 0. The molecule has 0 heterocycles. The van der Waals surface area contributed by atoms with Crippen molar-refractivity contribution < 1.29 is 0 Å². The highest BCUT2D eigenvalue weighted by molar-refractivity contribution is 9.10. The summed E-state index contributed by atoms with van der Waals surface area (Å²) >= 11 is 9.36. The molecule has 0 bridgehead atoms. The summed E-state index contributed by atoms with van der Waals surface area (Å²) in [6.45, 7) is 0.854. The van der Waals surface area contributed by atoms with E-state index in [4.69, 9.17) is 11.6 Å². The van der Waals surface area contributed by atoms with Gasteiger partial charge in [-0.05, 0) is 24.7 Å². The Hall–Kier alpha value is -0.310. The van der Waals surface area contributed by atoms with Crippen molar-refractivity contribution in [1.29, 1.82) is 0 Å². The van der Waals surface area contributed by atoms with Crippen molar-refractivity contribution in [3.63, 3.8) is 0 Å². The van der Waals surface area contributed by atoms with Gasteiger partial charge in [-0.1, -0.05) is 45.7 Å². The maximum Gasteiger partial charge on any atom is 0.0489 e. The second kappa shape index (κ2) is 5.43. The minimum atomic E-state index is 0.765. The lowest BCUT2D eigenvalue weighted by Crippen LogP contribution is -2.03. The van der Waals surface area contributed by atoms with Gasteiger partial charge in [0.2, 0.25) is 0 Å². The van der Waals surface area contributed by atoms with E-state index in [1.807, 2.05) is 37.4 Å². The predicted molar refractivity (Wildman–Crippen MR) is 62.1 cm³/mol. The first-order chi connectivity index (χ1) is 6.24. The Balaban J connectivity index is 2.77. The molecule has 0 aliphatic carbocycles. The second-order valence-corrected chi connectivity index (χ2v) is 3.95. The SMILES string of the molecule is CNCC=Cc1ccc(Br)cc1Cl. The van der Waals surface area contributed by atoms with E-state index in [9.17, 15) is 0 Å². The van der Waals surface area contributed by atoms with Gasteiger partial charge >= 0.3 is 0 Å². The Bertz CT molecular complexity index is 310. The topological polar surface area (TPSA) is 12.0 Å². The minimum Gasteiger partial charge on any atom is -0.316 e. The van der Waals surface area contributed by atoms with E-state index < -0.39 is 0 Å². The van der Waals surface area contributed by atoms with Gasteiger partial charge in [-0.3, -0.25) is 0 Å². The predicted octanol–water partition coefficient (Wildman–Crippen LogP) is 3.34. The lowest BCUT2D eigenvalue weighted by atomic mass is 10.2. The molecule has 0 aliphatic rings. The largest absolute Gasteiger partial charge is 0.316 e. The third-order valence-corrected chi connectivity index (χ3v) is 2.40. The smallest absolute Gasteiger partial charge is 0.0489 e. The van der Waals surface area contributed by atoms with Gasteiger partial charge in [0.1, 0.15) is 0 Å². The van der Waals surface area contributed by atoms with Crippen molar-refractivity contribution in [2.75, 3.05) is 13.6 Å². The van der Waals surface area contributed by atoms with Crippen LogP contribution in [0.15, 0.2) is 28.7 Å². The Morgan fingerprint density at radius 1 is 1.54 bits per heavy atom. The van der Waals surface area contributed by atoms with Crippen molar-refractivity contribution in [2.24, 2.45) is 0 Å². The fourth-order valence-electron chi connectivity index (χ4n) is 0.940. The molecule has 13 heavy (non-hydrogen) atoms. The molecule has 1 aromatic rings. The second-order valence-electron chi connectivity index (χ2n) is 2.63. The van der Waals surface area contributed by atoms with Crippen LogP contribution in [0.2, 0.25) is 5.02 Å². The molecule has 0 fully saturated rings. The third-order valence-electron chi connectivity index (χ3n) is 1.58. The molecular weight excluding hydrogens is 249 g/mol. The Morgan fingerprint density at radius 2 is 2.31 bits per heavy atom. The van der Waals surface area contributed by atoms with Crippen LogP contribution in [-0.4, -0.2) is 13.6 Å². The molecule has 0 radical (unpaired) electrons. The number of likely N-dealkylation sites (N-methyl/N-ethyl adjacent to an activating group) is 1. The van der Waals surface area contributed by atoms with E-state index >= 15 is 0 Å². The van der Waals surface area contributed by atoms with Crippen molar-refractivity contribution in [3.8, 4) is 0 Å². The fourth-order valence-corrected chi connectivity index (χ4v) is 1.68. The van der Waals surface area contributed by atoms with Gasteiger partial charge in [0.15, 0.2) is 0 Å². The molecule has 1 aromatic carbocycles. The Kier molecular flexibility index (Phi) is 4.50. The lowest BCUT2D eigenvalue weighted by molar-refractivity contribution is 0.922. The molecule has 0 spiro atoms. The Labute approximate surface area is 91.9 Å². The summed E-state index contributed by atoms with van der Waals surface area (Å²) in [7, 11) is 1.91. The summed E-state index contributed by atoms with van der Waals surface area (Å²) in [6, 6.07) is 5.85. The van der Waals surface area contributed by atoms with Crippen LogP contribution in [0, 0.1) is 0 Å². The zero-order chi connectivity index (χ0) is 9.68. The van der Waals surface area contributed by atoms with Crippen LogP contribution >= 0.6 is 27.5 Å². The molecule has 70 valence electrons. The van der Waals surface area contributed by atoms with Gasteiger partial charge in [0, 0.05) is 16.0 Å². The van der Waals surface area contributed by atoms with Gasteiger partial charge < -0.3 is 5.32 Å². The average Bonchev–Trinajstić information content (AvgIpc) is 2.09. The average molecular weight is 261 g/mol. The number of halogens is 2. The first-order valence-corrected chi connectivity index (χ1v) is 5.17. The van der Waals surface area contributed by atoms with E-state index in [1.54, 1.807) is 0 Å². The number of rotatable bonds is 3. The van der Waals surface area contributed by atoms with Crippen LogP contribution in [0.3, 0.4) is 0 Å². The molecule has 0 aromatic heterocycles. The lowest BCUT2D eigenvalue weighted by Gasteiger charge is -1.98. The van der Waals surface area contributed by atoms with Gasteiger partial charge in [-0.25, -0.2) is 0 Å². The van der Waals surface area contributed by atoms with E-state index in [0.29, 0.717) is 0 Å². The molecular formula is C10H11BrClN. The van der Waals surface area contributed by atoms with Crippen molar-refractivity contribution in [1.82, 2.24) is 5.32 Å². The van der Waals surface area contributed by atoms with Crippen LogP contribution in [0.25, 0.3) is 6.08 Å². The molecule has 0 aliphatic heterocycles. The molecule has 0 saturated heterocycles. The summed E-state index contributed by atoms with van der Waals surface area (Å²) < 4.78 is 1.00. The van der Waals surface area contributed by atoms with Gasteiger partial charge in [0.05, 0.1) is 0 Å². The molecule has 1 rings (SSSR count). The third kappa shape index (κ3) is 3.51. The first-order valence-electron chi connectivity index (χ1n) is 4.00. The molecule has 0 amide bonds. The van der Waals surface area contributed by atoms with Crippen LogP contribution in [0.4, 0.5) is 0 Å². The normalized spacial score (nSPS) is 11.0. The highest BCUT2D eigenvalue weighted by atomic mass is 79.9. The number of hydrogen-bond acceptors (Lipinski definition) is 1. The molecule has 1 nitrogen and oxygen atoms in total. The number of nitrogens with one attached hydrogen (secondary N) is 1. The first kappa shape index (κ1) is 10.8. The molecule has 3 heteroatoms.